The number of carbonyl (C=O) groups excluding carboxylic acids is 1. The summed E-state index contributed by atoms with van der Waals surface area (Å²) in [7, 11) is -0.0240. The molecular formula is C38H47FN6O5Si. The number of fused-ring (bicyclic) bond motifs is 1. The Balaban J connectivity index is 1.50. The van der Waals surface area contributed by atoms with E-state index in [-0.39, 0.29) is 29.1 Å². The highest BCUT2D eigenvalue weighted by molar-refractivity contribution is 6.99. The lowest BCUT2D eigenvalue weighted by Crippen LogP contribution is -2.66. The number of carbonyl (C=O) groups is 1. The van der Waals surface area contributed by atoms with Gasteiger partial charge in [-0.05, 0) is 34.3 Å². The molecule has 5 rings (SSSR count). The number of rotatable bonds is 15. The van der Waals surface area contributed by atoms with Gasteiger partial charge in [-0.1, -0.05) is 94.8 Å². The molecule has 270 valence electrons. The lowest BCUT2D eigenvalue weighted by atomic mass is 10.1. The van der Waals surface area contributed by atoms with Gasteiger partial charge in [-0.2, -0.15) is 10.1 Å². The number of amides is 1. The van der Waals surface area contributed by atoms with Crippen LogP contribution in [-0.4, -0.2) is 66.1 Å². The maximum atomic E-state index is 14.5. The van der Waals surface area contributed by atoms with E-state index in [4.69, 9.17) is 18.9 Å². The van der Waals surface area contributed by atoms with E-state index in [0.29, 0.717) is 41.2 Å². The minimum atomic E-state index is -2.75. The summed E-state index contributed by atoms with van der Waals surface area (Å²) in [6.07, 6.45) is 3.26. The van der Waals surface area contributed by atoms with Crippen LogP contribution in [-0.2, 0) is 22.3 Å². The summed E-state index contributed by atoms with van der Waals surface area (Å²) in [5.41, 5.74) is 1.81. The minimum Gasteiger partial charge on any atom is -0.496 e. The quantitative estimate of drug-likeness (QED) is 0.108. The van der Waals surface area contributed by atoms with Gasteiger partial charge in [0.05, 0.1) is 33.6 Å². The summed E-state index contributed by atoms with van der Waals surface area (Å²) in [4.78, 5) is 21.4. The van der Waals surface area contributed by atoms with Crippen LogP contribution in [0, 0.1) is 5.82 Å². The largest absolute Gasteiger partial charge is 0.496 e. The molecule has 3 aromatic carbocycles. The van der Waals surface area contributed by atoms with E-state index in [2.05, 4.69) is 96.9 Å². The Kier molecular flexibility index (Phi) is 12.1. The molecule has 11 nitrogen and oxygen atoms in total. The van der Waals surface area contributed by atoms with Crippen LogP contribution in [0.4, 0.5) is 21.0 Å². The molecule has 13 heteroatoms. The summed E-state index contributed by atoms with van der Waals surface area (Å²) >= 11 is 0. The Labute approximate surface area is 299 Å². The number of benzene rings is 3. The fourth-order valence-corrected chi connectivity index (χ4v) is 11.2. The molecule has 2 aromatic heterocycles. The molecule has 0 spiro atoms. The molecule has 0 radical (unpaired) electrons. The summed E-state index contributed by atoms with van der Waals surface area (Å²) in [6.45, 7) is 9.11. The van der Waals surface area contributed by atoms with Gasteiger partial charge in [0, 0.05) is 29.8 Å². The second-order valence-electron chi connectivity index (χ2n) is 13.4. The van der Waals surface area contributed by atoms with Gasteiger partial charge in [0.25, 0.3) is 8.32 Å². The number of ether oxygens (including phenoxy) is 2. The second kappa shape index (κ2) is 16.4. The number of hydrogen-bond acceptors (Lipinski definition) is 9. The van der Waals surface area contributed by atoms with Crippen LogP contribution in [0.1, 0.15) is 58.1 Å². The Bertz CT molecular complexity index is 1880. The lowest BCUT2D eigenvalue weighted by Gasteiger charge is -2.43. The first-order chi connectivity index (χ1) is 24.5. The van der Waals surface area contributed by atoms with Gasteiger partial charge in [0.2, 0.25) is 5.95 Å². The zero-order valence-electron chi connectivity index (χ0n) is 30.1. The van der Waals surface area contributed by atoms with Crippen LogP contribution >= 0.6 is 0 Å². The monoisotopic (exact) mass is 714 g/mol. The van der Waals surface area contributed by atoms with Crippen LogP contribution in [0.2, 0.25) is 5.04 Å². The van der Waals surface area contributed by atoms with Crippen molar-refractivity contribution in [2.45, 2.75) is 71.2 Å². The van der Waals surface area contributed by atoms with Crippen molar-refractivity contribution < 1.29 is 28.2 Å². The van der Waals surface area contributed by atoms with Crippen molar-refractivity contribution in [2.75, 3.05) is 31.5 Å². The molecule has 0 saturated carbocycles. The Morgan fingerprint density at radius 1 is 0.980 bits per heavy atom. The van der Waals surface area contributed by atoms with Crippen LogP contribution in [0.15, 0.2) is 79.0 Å². The maximum Gasteiger partial charge on any atom is 0.413 e. The molecular weight excluding hydrogens is 668 g/mol. The van der Waals surface area contributed by atoms with Gasteiger partial charge in [0.15, 0.2) is 5.82 Å². The maximum absolute atomic E-state index is 14.5. The summed E-state index contributed by atoms with van der Waals surface area (Å²) < 4.78 is 33.7. The summed E-state index contributed by atoms with van der Waals surface area (Å²) in [6, 6.07) is 23.8. The standard InChI is InChI=1S/C38H47FN6O5Si/c1-7-14-28(19-20-50-51(38(2,3)4,29-15-10-8-11-16-29)30-17-12-9-13-18-30)41-35-34-32(42-36(43-35)44-37(47)49-6)23-40-45(34)24-26-21-27(25-46)31(39)22-33(26)48-5/h8-13,15-18,21-23,28,46H,7,14,19-20,24-25H2,1-6H3,(H2,41,42,43,44,47)/t28-/m0/s1. The Hall–Kier alpha value is -4.85. The fourth-order valence-electron chi connectivity index (χ4n) is 6.61. The molecule has 2 heterocycles. The van der Waals surface area contributed by atoms with Gasteiger partial charge in [-0.3, -0.25) is 10.00 Å². The molecule has 1 atom stereocenters. The number of methoxy groups -OCH3 is 2. The number of anilines is 2. The lowest BCUT2D eigenvalue weighted by molar-refractivity contribution is 0.186. The van der Waals surface area contributed by atoms with Crippen LogP contribution < -0.4 is 25.7 Å². The molecule has 0 unspecified atom stereocenters. The number of nitrogens with one attached hydrogen (secondary N) is 2. The third-order valence-electron chi connectivity index (χ3n) is 9.01. The molecule has 0 saturated heterocycles. The highest BCUT2D eigenvalue weighted by Gasteiger charge is 2.50. The van der Waals surface area contributed by atoms with Crippen molar-refractivity contribution in [1.82, 2.24) is 19.7 Å². The first-order valence-corrected chi connectivity index (χ1v) is 19.0. The normalized spacial score (nSPS) is 12.5. The van der Waals surface area contributed by atoms with Gasteiger partial charge in [-0.15, -0.1) is 0 Å². The fraction of sp³-hybridized carbons (Fsp3) is 0.368. The number of aliphatic hydroxyl groups excluding tert-OH is 1. The van der Waals surface area contributed by atoms with E-state index in [0.717, 1.165) is 12.8 Å². The zero-order valence-corrected chi connectivity index (χ0v) is 31.1. The number of halogens is 1. The van der Waals surface area contributed by atoms with Crippen LogP contribution in [0.3, 0.4) is 0 Å². The van der Waals surface area contributed by atoms with E-state index < -0.39 is 26.8 Å². The summed E-state index contributed by atoms with van der Waals surface area (Å²) in [5.74, 6) is 0.265. The number of hydrogen-bond donors (Lipinski definition) is 3. The molecule has 0 aliphatic heterocycles. The van der Waals surface area contributed by atoms with Crippen LogP contribution in [0.25, 0.3) is 11.0 Å². The molecule has 0 bridgehead atoms. The van der Waals surface area contributed by atoms with Crippen molar-refractivity contribution in [1.29, 1.82) is 0 Å². The van der Waals surface area contributed by atoms with Crippen molar-refractivity contribution in [3.63, 3.8) is 0 Å². The Morgan fingerprint density at radius 3 is 2.22 bits per heavy atom. The number of aromatic nitrogens is 4. The van der Waals surface area contributed by atoms with E-state index in [1.165, 1.54) is 30.7 Å². The third-order valence-corrected chi connectivity index (χ3v) is 14.0. The van der Waals surface area contributed by atoms with E-state index in [1.807, 2.05) is 12.1 Å². The average Bonchev–Trinajstić information content (AvgIpc) is 3.53. The van der Waals surface area contributed by atoms with Gasteiger partial charge < -0.3 is 24.3 Å². The summed E-state index contributed by atoms with van der Waals surface area (Å²) in [5, 5.41) is 22.8. The highest BCUT2D eigenvalue weighted by atomic mass is 28.4. The van der Waals surface area contributed by atoms with Crippen LogP contribution in [0.5, 0.6) is 5.75 Å². The molecule has 0 fully saturated rings. The molecule has 5 aromatic rings. The van der Waals surface area contributed by atoms with E-state index >= 15 is 0 Å². The highest BCUT2D eigenvalue weighted by Crippen LogP contribution is 2.37. The molecule has 1 amide bonds. The number of aliphatic hydroxyl groups is 1. The molecule has 51 heavy (non-hydrogen) atoms. The predicted molar refractivity (Wildman–Crippen MR) is 200 cm³/mol. The van der Waals surface area contributed by atoms with Crippen molar-refractivity contribution in [3.05, 3.63) is 95.9 Å². The van der Waals surface area contributed by atoms with Gasteiger partial charge in [-0.25, -0.2) is 14.2 Å². The SMILES string of the molecule is CCC[C@@H](CCO[Si](c1ccccc1)(c1ccccc1)C(C)(C)C)Nc1nc(NC(=O)OC)nc2cnn(Cc3cc(CO)c(F)cc3OC)c12. The van der Waals surface area contributed by atoms with Crippen molar-refractivity contribution in [2.24, 2.45) is 0 Å². The minimum absolute atomic E-state index is 0.0529. The smallest absolute Gasteiger partial charge is 0.413 e. The molecule has 3 N–H and O–H groups in total. The zero-order chi connectivity index (χ0) is 36.6. The molecule has 0 aliphatic rings. The first-order valence-electron chi connectivity index (χ1n) is 17.1. The van der Waals surface area contributed by atoms with Crippen molar-refractivity contribution in [3.8, 4) is 5.75 Å². The van der Waals surface area contributed by atoms with E-state index in [9.17, 15) is 14.3 Å². The topological polar surface area (TPSA) is 133 Å². The van der Waals surface area contributed by atoms with E-state index in [1.54, 1.807) is 16.9 Å². The third kappa shape index (κ3) is 8.22. The number of nitrogens with zero attached hydrogens (tertiary/aromatic N) is 4. The van der Waals surface area contributed by atoms with Gasteiger partial charge >= 0.3 is 6.09 Å². The second-order valence-corrected chi connectivity index (χ2v) is 17.7. The first kappa shape index (κ1) is 37.4. The predicted octanol–water partition coefficient (Wildman–Crippen LogP) is 6.24. The average molecular weight is 715 g/mol. The Morgan fingerprint density at radius 2 is 1.65 bits per heavy atom. The van der Waals surface area contributed by atoms with Crippen molar-refractivity contribution >= 4 is 47.6 Å². The molecule has 0 aliphatic carbocycles. The van der Waals surface area contributed by atoms with Gasteiger partial charge in [0.1, 0.15) is 22.6 Å².